The first-order chi connectivity index (χ1) is 17.0. The van der Waals surface area contributed by atoms with E-state index < -0.39 is 11.6 Å². The van der Waals surface area contributed by atoms with Crippen molar-refractivity contribution in [2.24, 2.45) is 0 Å². The van der Waals surface area contributed by atoms with Gasteiger partial charge in [-0.2, -0.15) is 0 Å². The van der Waals surface area contributed by atoms with Gasteiger partial charge in [-0.25, -0.2) is 18.7 Å². The molecule has 1 amide bonds. The van der Waals surface area contributed by atoms with E-state index in [0.29, 0.717) is 53.4 Å². The molecule has 0 radical (unpaired) electrons. The van der Waals surface area contributed by atoms with Gasteiger partial charge in [-0.1, -0.05) is 12.1 Å². The molecule has 3 heterocycles. The molecule has 0 aliphatic carbocycles. The van der Waals surface area contributed by atoms with E-state index >= 15 is 0 Å². The van der Waals surface area contributed by atoms with Crippen LogP contribution in [0.15, 0.2) is 54.9 Å². The summed E-state index contributed by atoms with van der Waals surface area (Å²) in [6, 6.07) is 11.0. The van der Waals surface area contributed by atoms with Gasteiger partial charge in [-0.3, -0.25) is 9.78 Å². The molecule has 1 saturated heterocycles. The third-order valence-corrected chi connectivity index (χ3v) is 5.97. The highest BCUT2D eigenvalue weighted by molar-refractivity contribution is 5.97. The Bertz CT molecular complexity index is 1400. The fourth-order valence-electron chi connectivity index (χ4n) is 4.21. The van der Waals surface area contributed by atoms with E-state index in [-0.39, 0.29) is 18.1 Å². The predicted octanol–water partition coefficient (Wildman–Crippen LogP) is 4.68. The van der Waals surface area contributed by atoms with Crippen molar-refractivity contribution in [2.45, 2.75) is 12.8 Å². The molecular formula is C26H23F2N5O2. The topological polar surface area (TPSA) is 80.2 Å². The van der Waals surface area contributed by atoms with Crippen molar-refractivity contribution < 1.29 is 18.3 Å². The largest absolute Gasteiger partial charge is 0.489 e. The van der Waals surface area contributed by atoms with Crippen LogP contribution >= 0.6 is 0 Å². The van der Waals surface area contributed by atoms with E-state index in [4.69, 9.17) is 9.72 Å². The minimum absolute atomic E-state index is 0.102. The number of pyridine rings is 1. The first-order valence-corrected chi connectivity index (χ1v) is 11.3. The van der Waals surface area contributed by atoms with E-state index in [2.05, 4.69) is 15.3 Å². The van der Waals surface area contributed by atoms with Crippen LogP contribution in [0.5, 0.6) is 5.75 Å². The molecular weight excluding hydrogens is 452 g/mol. The van der Waals surface area contributed by atoms with E-state index in [1.807, 2.05) is 6.07 Å². The van der Waals surface area contributed by atoms with Gasteiger partial charge in [0, 0.05) is 48.9 Å². The standard InChI is InChI=1S/C26H23F2N5O2/c1-29-26-19-13-17(18-6-2-7-20(27)23(18)28)14-21(35-12-11-33-10-4-8-22(33)34)24(19)31-25(32-26)16-5-3-9-30-15-16/h2-3,5-7,9,13-15H,4,8,10-12H2,1H3,(H,29,31,32). The smallest absolute Gasteiger partial charge is 0.222 e. The van der Waals surface area contributed by atoms with Gasteiger partial charge in [0.05, 0.1) is 6.54 Å². The van der Waals surface area contributed by atoms with Crippen LogP contribution in [0.2, 0.25) is 0 Å². The van der Waals surface area contributed by atoms with Gasteiger partial charge < -0.3 is 15.0 Å². The quantitative estimate of drug-likeness (QED) is 0.418. The van der Waals surface area contributed by atoms with E-state index in [0.717, 1.165) is 18.1 Å². The van der Waals surface area contributed by atoms with Crippen LogP contribution < -0.4 is 10.1 Å². The van der Waals surface area contributed by atoms with Crippen molar-refractivity contribution in [3.8, 4) is 28.3 Å². The van der Waals surface area contributed by atoms with Crippen LogP contribution in [-0.2, 0) is 4.79 Å². The van der Waals surface area contributed by atoms with Crippen LogP contribution in [0.4, 0.5) is 14.6 Å². The van der Waals surface area contributed by atoms with E-state index in [1.165, 1.54) is 12.1 Å². The van der Waals surface area contributed by atoms with Crippen LogP contribution in [-0.4, -0.2) is 52.5 Å². The number of nitrogens with one attached hydrogen (secondary N) is 1. The molecule has 2 aromatic carbocycles. The lowest BCUT2D eigenvalue weighted by molar-refractivity contribution is -0.128. The summed E-state index contributed by atoms with van der Waals surface area (Å²) in [5.74, 6) is -0.440. The molecule has 0 saturated carbocycles. The van der Waals surface area contributed by atoms with Gasteiger partial charge in [0.1, 0.15) is 23.7 Å². The Morgan fingerprint density at radius 2 is 2.00 bits per heavy atom. The van der Waals surface area contributed by atoms with Crippen LogP contribution in [0.1, 0.15) is 12.8 Å². The van der Waals surface area contributed by atoms with Crippen molar-refractivity contribution >= 4 is 22.6 Å². The second-order valence-electron chi connectivity index (χ2n) is 8.19. The normalized spacial score (nSPS) is 13.5. The summed E-state index contributed by atoms with van der Waals surface area (Å²) in [4.78, 5) is 27.2. The Kier molecular flexibility index (Phi) is 6.22. The number of carbonyl (C=O) groups excluding carboxylic acids is 1. The molecule has 4 aromatic rings. The number of aromatic nitrogens is 3. The third kappa shape index (κ3) is 4.49. The average Bonchev–Trinajstić information content (AvgIpc) is 3.30. The molecule has 178 valence electrons. The zero-order valence-corrected chi connectivity index (χ0v) is 19.1. The number of nitrogens with zero attached hydrogens (tertiary/aromatic N) is 4. The highest BCUT2D eigenvalue weighted by atomic mass is 19.2. The first-order valence-electron chi connectivity index (χ1n) is 11.3. The second-order valence-corrected chi connectivity index (χ2v) is 8.19. The van der Waals surface area contributed by atoms with Crippen molar-refractivity contribution in [1.82, 2.24) is 19.9 Å². The maximum atomic E-state index is 14.7. The van der Waals surface area contributed by atoms with Gasteiger partial charge in [0.15, 0.2) is 17.5 Å². The fourth-order valence-corrected chi connectivity index (χ4v) is 4.21. The number of rotatable bonds is 7. The Hall–Kier alpha value is -4.14. The molecule has 1 fully saturated rings. The molecule has 2 aromatic heterocycles. The molecule has 1 aliphatic rings. The Labute approximate surface area is 200 Å². The maximum absolute atomic E-state index is 14.7. The van der Waals surface area contributed by atoms with Gasteiger partial charge in [0.25, 0.3) is 0 Å². The number of carbonyl (C=O) groups is 1. The highest BCUT2D eigenvalue weighted by Crippen LogP contribution is 2.37. The molecule has 7 nitrogen and oxygen atoms in total. The Morgan fingerprint density at radius 3 is 2.74 bits per heavy atom. The van der Waals surface area contributed by atoms with Gasteiger partial charge >= 0.3 is 0 Å². The summed E-state index contributed by atoms with van der Waals surface area (Å²) < 4.78 is 34.8. The summed E-state index contributed by atoms with van der Waals surface area (Å²) in [6.07, 6.45) is 4.71. The molecule has 0 atom stereocenters. The van der Waals surface area contributed by atoms with Crippen LogP contribution in [0.3, 0.4) is 0 Å². The summed E-state index contributed by atoms with van der Waals surface area (Å²) in [5.41, 5.74) is 1.76. The lowest BCUT2D eigenvalue weighted by Crippen LogP contribution is -2.29. The van der Waals surface area contributed by atoms with E-state index in [9.17, 15) is 13.6 Å². The SMILES string of the molecule is CNc1nc(-c2cccnc2)nc2c(OCCN3CCCC3=O)cc(-c3cccc(F)c3F)cc12. The summed E-state index contributed by atoms with van der Waals surface area (Å²) in [5, 5.41) is 3.66. The number of likely N-dealkylation sites (tertiary alicyclic amines) is 1. The third-order valence-electron chi connectivity index (χ3n) is 5.97. The van der Waals surface area contributed by atoms with E-state index in [1.54, 1.807) is 42.5 Å². The van der Waals surface area contributed by atoms with Gasteiger partial charge in [0.2, 0.25) is 5.91 Å². The molecule has 0 spiro atoms. The maximum Gasteiger partial charge on any atom is 0.222 e. The minimum Gasteiger partial charge on any atom is -0.489 e. The summed E-state index contributed by atoms with van der Waals surface area (Å²) in [6.45, 7) is 1.37. The molecule has 5 rings (SSSR count). The van der Waals surface area contributed by atoms with Crippen molar-refractivity contribution in [1.29, 1.82) is 0 Å². The highest BCUT2D eigenvalue weighted by Gasteiger charge is 2.21. The number of hydrogen-bond donors (Lipinski definition) is 1. The molecule has 1 aliphatic heterocycles. The monoisotopic (exact) mass is 475 g/mol. The lowest BCUT2D eigenvalue weighted by atomic mass is 10.0. The molecule has 1 N–H and O–H groups in total. The number of amides is 1. The van der Waals surface area contributed by atoms with Crippen molar-refractivity contribution in [2.75, 3.05) is 32.1 Å². The van der Waals surface area contributed by atoms with Crippen LogP contribution in [0, 0.1) is 11.6 Å². The van der Waals surface area contributed by atoms with Crippen molar-refractivity contribution in [3.63, 3.8) is 0 Å². The summed E-state index contributed by atoms with van der Waals surface area (Å²) in [7, 11) is 1.73. The van der Waals surface area contributed by atoms with Crippen molar-refractivity contribution in [3.05, 3.63) is 66.5 Å². The Balaban J connectivity index is 1.63. The predicted molar refractivity (Wildman–Crippen MR) is 129 cm³/mol. The number of hydrogen-bond acceptors (Lipinski definition) is 6. The van der Waals surface area contributed by atoms with Crippen LogP contribution in [0.25, 0.3) is 33.4 Å². The molecule has 9 heteroatoms. The number of fused-ring (bicyclic) bond motifs is 1. The average molecular weight is 475 g/mol. The number of anilines is 1. The number of halogens is 2. The lowest BCUT2D eigenvalue weighted by Gasteiger charge is -2.18. The van der Waals surface area contributed by atoms with Gasteiger partial charge in [-0.05, 0) is 42.3 Å². The zero-order chi connectivity index (χ0) is 24.4. The molecule has 0 unspecified atom stereocenters. The zero-order valence-electron chi connectivity index (χ0n) is 19.1. The summed E-state index contributed by atoms with van der Waals surface area (Å²) >= 11 is 0. The molecule has 35 heavy (non-hydrogen) atoms. The fraction of sp³-hybridized carbons (Fsp3) is 0.231. The molecule has 0 bridgehead atoms. The Morgan fingerprint density at radius 1 is 1.11 bits per heavy atom. The minimum atomic E-state index is -0.945. The van der Waals surface area contributed by atoms with Gasteiger partial charge in [-0.15, -0.1) is 0 Å². The number of ether oxygens (including phenoxy) is 1. The number of benzene rings is 2. The second kappa shape index (κ2) is 9.61. The first kappa shape index (κ1) is 22.6.